The van der Waals surface area contributed by atoms with Crippen molar-refractivity contribution in [3.8, 4) is 28.7 Å². The summed E-state index contributed by atoms with van der Waals surface area (Å²) < 4.78 is 32.4. The highest BCUT2D eigenvalue weighted by Gasteiger charge is 2.38. The lowest BCUT2D eigenvalue weighted by Crippen LogP contribution is -2.21. The molecule has 0 aromatic heterocycles. The number of allylic oxidation sites excluding steroid dienone is 1. The lowest BCUT2D eigenvalue weighted by molar-refractivity contribution is -0.143. The summed E-state index contributed by atoms with van der Waals surface area (Å²) >= 11 is 0. The zero-order valence-corrected chi connectivity index (χ0v) is 20.9. The van der Waals surface area contributed by atoms with Crippen LogP contribution in [0.3, 0.4) is 0 Å². The van der Waals surface area contributed by atoms with Crippen LogP contribution in [0.5, 0.6) is 28.7 Å². The Kier molecular flexibility index (Phi) is 6.74. The zero-order chi connectivity index (χ0) is 26.8. The molecule has 0 radical (unpaired) electrons. The summed E-state index contributed by atoms with van der Waals surface area (Å²) in [5.74, 6) is 0.485. The lowest BCUT2D eigenvalue weighted by Gasteiger charge is -2.26. The number of rotatable bonds is 7. The number of carbonyl (C=O) groups excluding carboxylic acids is 3. The summed E-state index contributed by atoms with van der Waals surface area (Å²) in [6, 6.07) is 15.6. The van der Waals surface area contributed by atoms with Crippen LogP contribution < -0.4 is 23.7 Å². The van der Waals surface area contributed by atoms with Crippen molar-refractivity contribution in [1.29, 1.82) is 0 Å². The van der Waals surface area contributed by atoms with Gasteiger partial charge in [0.25, 0.3) is 0 Å². The summed E-state index contributed by atoms with van der Waals surface area (Å²) in [4.78, 5) is 37.4. The third-order valence-electron chi connectivity index (χ3n) is 6.36. The van der Waals surface area contributed by atoms with E-state index in [2.05, 4.69) is 4.74 Å². The highest BCUT2D eigenvalue weighted by molar-refractivity contribution is 6.15. The number of benzene rings is 3. The largest absolute Gasteiger partial charge is 0.497 e. The normalized spacial score (nSPS) is 16.7. The van der Waals surface area contributed by atoms with Crippen molar-refractivity contribution in [3.05, 3.63) is 82.6 Å². The van der Waals surface area contributed by atoms with Gasteiger partial charge in [-0.25, -0.2) is 4.79 Å². The number of carbonyl (C=O) groups is 3. The Hall–Kier alpha value is -4.79. The van der Waals surface area contributed by atoms with Crippen LogP contribution in [-0.4, -0.2) is 45.7 Å². The number of fused-ring (bicyclic) bond motifs is 3. The second kappa shape index (κ2) is 10.3. The van der Waals surface area contributed by atoms with Crippen LogP contribution in [0.4, 0.5) is 0 Å². The Labute approximate surface area is 218 Å². The van der Waals surface area contributed by atoms with Gasteiger partial charge in [0, 0.05) is 11.5 Å². The highest BCUT2D eigenvalue weighted by Crippen LogP contribution is 2.49. The van der Waals surface area contributed by atoms with Crippen LogP contribution >= 0.6 is 0 Å². The van der Waals surface area contributed by atoms with E-state index in [0.717, 1.165) is 5.56 Å². The van der Waals surface area contributed by atoms with E-state index in [-0.39, 0.29) is 24.6 Å². The van der Waals surface area contributed by atoms with Gasteiger partial charge in [-0.3, -0.25) is 9.59 Å². The Morgan fingerprint density at radius 1 is 0.947 bits per heavy atom. The molecule has 9 heteroatoms. The Morgan fingerprint density at radius 3 is 2.45 bits per heavy atom. The molecule has 3 aromatic carbocycles. The van der Waals surface area contributed by atoms with E-state index in [4.69, 9.17) is 23.7 Å². The van der Waals surface area contributed by atoms with Gasteiger partial charge in [-0.05, 0) is 53.6 Å². The number of methoxy groups -OCH3 is 3. The van der Waals surface area contributed by atoms with Crippen LogP contribution in [0.15, 0.2) is 60.4 Å². The molecule has 1 atom stereocenters. The monoisotopic (exact) mass is 516 g/mol. The first-order chi connectivity index (χ1) is 18.4. The average Bonchev–Trinajstić information content (AvgIpc) is 3.26. The minimum absolute atomic E-state index is 0.0152. The molecule has 2 aliphatic rings. The minimum atomic E-state index is -0.551. The van der Waals surface area contributed by atoms with Crippen molar-refractivity contribution in [2.24, 2.45) is 0 Å². The van der Waals surface area contributed by atoms with Gasteiger partial charge >= 0.3 is 11.9 Å². The van der Waals surface area contributed by atoms with Gasteiger partial charge in [0.05, 0.1) is 33.3 Å². The molecular weight excluding hydrogens is 492 g/mol. The molecule has 3 aromatic rings. The molecule has 9 nitrogen and oxygen atoms in total. The standard InChI is InChI=1S/C29H24O9/c1-33-18-7-4-16(5-8-18)12-24-28(32)19-9-11-22-27(29(19)38-24)20(14-25(30)37-22)17-6-10-21(34-2)23(13-17)36-15-26(31)35-3/h4-13,20H,14-15H2,1-3H3/b24-12-/t20-/m1/s1. The zero-order valence-electron chi connectivity index (χ0n) is 20.9. The Morgan fingerprint density at radius 2 is 1.74 bits per heavy atom. The molecule has 0 aliphatic carbocycles. The first-order valence-corrected chi connectivity index (χ1v) is 11.7. The van der Waals surface area contributed by atoms with Gasteiger partial charge < -0.3 is 28.4 Å². The quantitative estimate of drug-likeness (QED) is 0.258. The van der Waals surface area contributed by atoms with Crippen molar-refractivity contribution in [2.45, 2.75) is 12.3 Å². The van der Waals surface area contributed by atoms with Crippen LogP contribution in [0, 0.1) is 0 Å². The Balaban J connectivity index is 1.54. The van der Waals surface area contributed by atoms with E-state index in [1.807, 2.05) is 12.1 Å². The van der Waals surface area contributed by atoms with Crippen molar-refractivity contribution in [1.82, 2.24) is 0 Å². The van der Waals surface area contributed by atoms with E-state index >= 15 is 0 Å². The van der Waals surface area contributed by atoms with Crippen LogP contribution in [-0.2, 0) is 14.3 Å². The third-order valence-corrected chi connectivity index (χ3v) is 6.36. The molecule has 0 N–H and O–H groups in total. The fraction of sp³-hybridized carbons (Fsp3) is 0.207. The van der Waals surface area contributed by atoms with Gasteiger partial charge in [0.2, 0.25) is 5.78 Å². The van der Waals surface area contributed by atoms with Crippen molar-refractivity contribution < 1.29 is 42.8 Å². The molecule has 0 unspecified atom stereocenters. The fourth-order valence-corrected chi connectivity index (χ4v) is 4.46. The SMILES string of the molecule is COC(=O)COc1cc([C@H]2CC(=O)Oc3ccc4c(c32)O/C(=C\c2ccc(OC)cc2)C4=O)ccc1OC. The molecule has 2 aliphatic heterocycles. The van der Waals surface area contributed by atoms with Crippen molar-refractivity contribution in [3.63, 3.8) is 0 Å². The number of hydrogen-bond acceptors (Lipinski definition) is 9. The molecule has 38 heavy (non-hydrogen) atoms. The molecule has 0 spiro atoms. The summed E-state index contributed by atoms with van der Waals surface area (Å²) in [5, 5.41) is 0. The van der Waals surface area contributed by atoms with E-state index in [9.17, 15) is 14.4 Å². The van der Waals surface area contributed by atoms with Crippen molar-refractivity contribution in [2.75, 3.05) is 27.9 Å². The summed E-state index contributed by atoms with van der Waals surface area (Å²) in [5.41, 5.74) is 2.42. The highest BCUT2D eigenvalue weighted by atomic mass is 16.6. The first kappa shape index (κ1) is 24.9. The molecule has 0 amide bonds. The topological polar surface area (TPSA) is 107 Å². The summed E-state index contributed by atoms with van der Waals surface area (Å²) in [7, 11) is 4.33. The maximum Gasteiger partial charge on any atom is 0.343 e. The van der Waals surface area contributed by atoms with Crippen LogP contribution in [0.2, 0.25) is 0 Å². The maximum absolute atomic E-state index is 13.2. The number of esters is 2. The number of ether oxygens (including phenoxy) is 6. The second-order valence-electron chi connectivity index (χ2n) is 8.57. The van der Waals surface area contributed by atoms with Gasteiger partial charge in [-0.2, -0.15) is 0 Å². The fourth-order valence-electron chi connectivity index (χ4n) is 4.46. The van der Waals surface area contributed by atoms with Crippen molar-refractivity contribution >= 4 is 23.8 Å². The summed E-state index contributed by atoms with van der Waals surface area (Å²) in [6.07, 6.45) is 1.67. The molecule has 5 rings (SSSR count). The summed E-state index contributed by atoms with van der Waals surface area (Å²) in [6.45, 7) is -0.313. The molecule has 194 valence electrons. The average molecular weight is 517 g/mol. The van der Waals surface area contributed by atoms with Gasteiger partial charge in [0.15, 0.2) is 23.9 Å². The van der Waals surface area contributed by atoms with Crippen LogP contribution in [0.1, 0.15) is 39.4 Å². The number of ketones is 1. The van der Waals surface area contributed by atoms with Crippen LogP contribution in [0.25, 0.3) is 6.08 Å². The molecule has 2 heterocycles. The minimum Gasteiger partial charge on any atom is -0.497 e. The van der Waals surface area contributed by atoms with Gasteiger partial charge in [0.1, 0.15) is 17.2 Å². The molecule has 0 bridgehead atoms. The second-order valence-corrected chi connectivity index (χ2v) is 8.57. The Bertz CT molecular complexity index is 1450. The van der Waals surface area contributed by atoms with Gasteiger partial charge in [-0.1, -0.05) is 18.2 Å². The molecule has 0 saturated heterocycles. The van der Waals surface area contributed by atoms with E-state index < -0.39 is 17.9 Å². The maximum atomic E-state index is 13.2. The molecule has 0 fully saturated rings. The van der Waals surface area contributed by atoms with Gasteiger partial charge in [-0.15, -0.1) is 0 Å². The van der Waals surface area contributed by atoms with E-state index in [1.165, 1.54) is 14.2 Å². The third kappa shape index (κ3) is 4.66. The lowest BCUT2D eigenvalue weighted by atomic mass is 9.84. The number of hydrogen-bond donors (Lipinski definition) is 0. The molecular formula is C29H24O9. The van der Waals surface area contributed by atoms with E-state index in [1.54, 1.807) is 55.7 Å². The predicted molar refractivity (Wildman–Crippen MR) is 135 cm³/mol. The first-order valence-electron chi connectivity index (χ1n) is 11.7. The smallest absolute Gasteiger partial charge is 0.343 e. The van der Waals surface area contributed by atoms with E-state index in [0.29, 0.717) is 45.4 Å². The molecule has 0 saturated carbocycles. The predicted octanol–water partition coefficient (Wildman–Crippen LogP) is 4.31. The number of Topliss-reactive ketones (excluding diaryl/α,β-unsaturated/α-hetero) is 1.